The second-order valence-electron chi connectivity index (χ2n) is 5.81. The van der Waals surface area contributed by atoms with Crippen LogP contribution in [0.2, 0.25) is 5.15 Å². The van der Waals surface area contributed by atoms with E-state index >= 15 is 0 Å². The molecule has 2 aromatic carbocycles. The van der Waals surface area contributed by atoms with E-state index in [9.17, 15) is 18.0 Å². The van der Waals surface area contributed by atoms with Crippen molar-refractivity contribution in [2.75, 3.05) is 10.6 Å². The monoisotopic (exact) mass is 406 g/mol. The maximum absolute atomic E-state index is 12.8. The molecule has 1 heterocycles. The summed E-state index contributed by atoms with van der Waals surface area (Å²) in [5.41, 5.74) is 0.329. The normalized spacial score (nSPS) is 11.1. The van der Waals surface area contributed by atoms with Crippen LogP contribution in [0.1, 0.15) is 21.5 Å². The summed E-state index contributed by atoms with van der Waals surface area (Å²) in [5, 5.41) is 5.90. The lowest BCUT2D eigenvalue weighted by Gasteiger charge is -2.11. The first kappa shape index (κ1) is 19.6. The van der Waals surface area contributed by atoms with Gasteiger partial charge in [0.05, 0.1) is 18.0 Å². The van der Waals surface area contributed by atoms with Crippen LogP contribution in [0, 0.1) is 0 Å². The van der Waals surface area contributed by atoms with Crippen LogP contribution in [0.4, 0.5) is 24.7 Å². The first-order chi connectivity index (χ1) is 13.3. The van der Waals surface area contributed by atoms with Crippen molar-refractivity contribution in [1.29, 1.82) is 0 Å². The van der Waals surface area contributed by atoms with Gasteiger partial charge in [-0.2, -0.15) is 13.2 Å². The number of carbonyl (C=O) groups excluding carboxylic acids is 1. The van der Waals surface area contributed by atoms with E-state index in [4.69, 9.17) is 11.6 Å². The first-order valence-corrected chi connectivity index (χ1v) is 8.48. The van der Waals surface area contributed by atoms with Crippen molar-refractivity contribution in [3.05, 3.63) is 82.8 Å². The smallest absolute Gasteiger partial charge is 0.365 e. The topological polar surface area (TPSA) is 66.9 Å². The van der Waals surface area contributed by atoms with Gasteiger partial charge in [0.2, 0.25) is 0 Å². The van der Waals surface area contributed by atoms with E-state index in [2.05, 4.69) is 20.6 Å². The van der Waals surface area contributed by atoms with Crippen LogP contribution in [0.15, 0.2) is 60.9 Å². The van der Waals surface area contributed by atoms with Crippen molar-refractivity contribution in [3.63, 3.8) is 0 Å². The summed E-state index contributed by atoms with van der Waals surface area (Å²) in [6.07, 6.45) is -1.58. The Morgan fingerprint density at radius 2 is 1.86 bits per heavy atom. The Balaban J connectivity index is 1.68. The minimum atomic E-state index is -4.51. The molecule has 0 unspecified atom stereocenters. The zero-order valence-electron chi connectivity index (χ0n) is 14.3. The van der Waals surface area contributed by atoms with Gasteiger partial charge >= 0.3 is 6.18 Å². The summed E-state index contributed by atoms with van der Waals surface area (Å²) in [6.45, 7) is 0.391. The first-order valence-electron chi connectivity index (χ1n) is 8.10. The fraction of sp³-hybridized carbons (Fsp3) is 0.105. The van der Waals surface area contributed by atoms with Crippen molar-refractivity contribution in [2.24, 2.45) is 0 Å². The molecule has 5 nitrogen and oxygen atoms in total. The number of nitrogens with zero attached hydrogens (tertiary/aromatic N) is 2. The molecule has 0 aliphatic heterocycles. The molecule has 3 rings (SSSR count). The zero-order chi connectivity index (χ0) is 20.1. The molecule has 0 bridgehead atoms. The van der Waals surface area contributed by atoms with Crippen LogP contribution in [0.5, 0.6) is 0 Å². The predicted octanol–water partition coefficient (Wildman–Crippen LogP) is 5.01. The molecule has 0 aliphatic carbocycles. The third-order valence-corrected chi connectivity index (χ3v) is 3.90. The number of alkyl halides is 3. The number of halogens is 4. The Morgan fingerprint density at radius 3 is 2.61 bits per heavy atom. The lowest BCUT2D eigenvalue weighted by molar-refractivity contribution is -0.137. The Labute approximate surface area is 163 Å². The summed E-state index contributed by atoms with van der Waals surface area (Å²) in [6, 6.07) is 11.2. The second kappa shape index (κ2) is 8.26. The molecular weight excluding hydrogens is 393 g/mol. The Morgan fingerprint density at radius 1 is 1.07 bits per heavy atom. The maximum atomic E-state index is 12.8. The number of hydrogen-bond donors (Lipinski definition) is 2. The fourth-order valence-electron chi connectivity index (χ4n) is 2.42. The number of amides is 1. The van der Waals surface area contributed by atoms with Crippen LogP contribution in [-0.2, 0) is 12.7 Å². The third-order valence-electron chi connectivity index (χ3n) is 3.72. The van der Waals surface area contributed by atoms with Gasteiger partial charge < -0.3 is 10.6 Å². The van der Waals surface area contributed by atoms with E-state index in [-0.39, 0.29) is 10.7 Å². The standard InChI is InChI=1S/C19H14ClF3N4O/c20-16-10-24-11-17(27-16)25-9-12-3-1-6-15(7-12)26-18(28)13-4-2-5-14(8-13)19(21,22)23/h1-8,10-11H,9H2,(H,25,27)(H,26,28). The molecule has 0 saturated carbocycles. The lowest BCUT2D eigenvalue weighted by Crippen LogP contribution is -2.14. The summed E-state index contributed by atoms with van der Waals surface area (Å²) >= 11 is 5.78. The van der Waals surface area contributed by atoms with Crippen LogP contribution in [0.25, 0.3) is 0 Å². The molecule has 144 valence electrons. The minimum absolute atomic E-state index is 0.0763. The van der Waals surface area contributed by atoms with Gasteiger partial charge in [-0.1, -0.05) is 29.8 Å². The molecule has 1 aromatic heterocycles. The molecule has 0 atom stereocenters. The predicted molar refractivity (Wildman–Crippen MR) is 100 cm³/mol. The van der Waals surface area contributed by atoms with E-state index < -0.39 is 17.6 Å². The fourth-order valence-corrected chi connectivity index (χ4v) is 2.57. The van der Waals surface area contributed by atoms with Crippen molar-refractivity contribution in [3.8, 4) is 0 Å². The van der Waals surface area contributed by atoms with E-state index in [1.807, 2.05) is 6.07 Å². The highest BCUT2D eigenvalue weighted by Gasteiger charge is 2.30. The van der Waals surface area contributed by atoms with Gasteiger partial charge in [0.25, 0.3) is 5.91 Å². The number of hydrogen-bond acceptors (Lipinski definition) is 4. The lowest BCUT2D eigenvalue weighted by atomic mass is 10.1. The number of rotatable bonds is 5. The maximum Gasteiger partial charge on any atom is 0.416 e. The molecule has 3 aromatic rings. The highest BCUT2D eigenvalue weighted by atomic mass is 35.5. The van der Waals surface area contributed by atoms with Crippen molar-refractivity contribution in [2.45, 2.75) is 12.7 Å². The van der Waals surface area contributed by atoms with Gasteiger partial charge in [0, 0.05) is 17.8 Å². The number of aromatic nitrogens is 2. The van der Waals surface area contributed by atoms with Crippen LogP contribution in [-0.4, -0.2) is 15.9 Å². The van der Waals surface area contributed by atoms with E-state index in [1.165, 1.54) is 24.5 Å². The second-order valence-corrected chi connectivity index (χ2v) is 6.20. The van der Waals surface area contributed by atoms with Crippen LogP contribution in [0.3, 0.4) is 0 Å². The average Bonchev–Trinajstić information content (AvgIpc) is 2.66. The molecule has 2 N–H and O–H groups in total. The van der Waals surface area contributed by atoms with E-state index in [1.54, 1.807) is 18.2 Å². The van der Waals surface area contributed by atoms with Crippen molar-refractivity contribution < 1.29 is 18.0 Å². The third kappa shape index (κ3) is 5.20. The SMILES string of the molecule is O=C(Nc1cccc(CNc2cncc(Cl)n2)c1)c1cccc(C(F)(F)F)c1. The van der Waals surface area contributed by atoms with Crippen LogP contribution >= 0.6 is 11.6 Å². The highest BCUT2D eigenvalue weighted by Crippen LogP contribution is 2.29. The molecule has 0 saturated heterocycles. The zero-order valence-corrected chi connectivity index (χ0v) is 15.1. The Hall–Kier alpha value is -3.13. The quantitative estimate of drug-likeness (QED) is 0.624. The van der Waals surface area contributed by atoms with Gasteiger partial charge in [-0.3, -0.25) is 9.78 Å². The van der Waals surface area contributed by atoms with E-state index in [0.29, 0.717) is 18.1 Å². The van der Waals surface area contributed by atoms with Crippen LogP contribution < -0.4 is 10.6 Å². The molecule has 0 aliphatic rings. The number of anilines is 2. The summed E-state index contributed by atoms with van der Waals surface area (Å²) < 4.78 is 38.4. The van der Waals surface area contributed by atoms with Gasteiger partial charge in [-0.25, -0.2) is 4.98 Å². The molecule has 9 heteroatoms. The molecule has 1 amide bonds. The van der Waals surface area contributed by atoms with E-state index in [0.717, 1.165) is 17.7 Å². The van der Waals surface area contributed by atoms with Gasteiger partial charge in [0.1, 0.15) is 11.0 Å². The minimum Gasteiger partial charge on any atom is -0.365 e. The van der Waals surface area contributed by atoms with Gasteiger partial charge in [-0.05, 0) is 35.9 Å². The molecule has 28 heavy (non-hydrogen) atoms. The van der Waals surface area contributed by atoms with Gasteiger partial charge in [0.15, 0.2) is 0 Å². The molecular formula is C19H14ClF3N4O. The molecule has 0 spiro atoms. The summed E-state index contributed by atoms with van der Waals surface area (Å²) in [7, 11) is 0. The summed E-state index contributed by atoms with van der Waals surface area (Å²) in [4.78, 5) is 20.3. The highest BCUT2D eigenvalue weighted by molar-refractivity contribution is 6.29. The average molecular weight is 407 g/mol. The summed E-state index contributed by atoms with van der Waals surface area (Å²) in [5.74, 6) is -0.136. The number of carbonyl (C=O) groups is 1. The van der Waals surface area contributed by atoms with Crippen molar-refractivity contribution >= 4 is 29.0 Å². The number of benzene rings is 2. The largest absolute Gasteiger partial charge is 0.416 e. The molecule has 0 radical (unpaired) electrons. The molecule has 0 fully saturated rings. The Bertz CT molecular complexity index is 995. The van der Waals surface area contributed by atoms with Crippen molar-refractivity contribution in [1.82, 2.24) is 9.97 Å². The van der Waals surface area contributed by atoms with Gasteiger partial charge in [-0.15, -0.1) is 0 Å². The number of nitrogens with one attached hydrogen (secondary N) is 2. The Kier molecular flexibility index (Phi) is 5.79.